The number of hydrogen-bond acceptors (Lipinski definition) is 3. The quantitative estimate of drug-likeness (QED) is 0.843. The van der Waals surface area contributed by atoms with Gasteiger partial charge in [-0.05, 0) is 38.5 Å². The van der Waals surface area contributed by atoms with Gasteiger partial charge in [0.2, 0.25) is 0 Å². The van der Waals surface area contributed by atoms with Crippen molar-refractivity contribution < 1.29 is 5.11 Å². The zero-order valence-electron chi connectivity index (χ0n) is 10.7. The number of anilines is 1. The Morgan fingerprint density at radius 3 is 2.59 bits per heavy atom. The molecule has 2 saturated carbocycles. The van der Waals surface area contributed by atoms with Crippen LogP contribution in [0.1, 0.15) is 36.9 Å². The molecule has 4 heteroatoms. The maximum atomic E-state index is 9.53. The van der Waals surface area contributed by atoms with Gasteiger partial charge >= 0.3 is 0 Å². The first-order chi connectivity index (χ1) is 8.20. The minimum absolute atomic E-state index is 0.100. The van der Waals surface area contributed by atoms with Crippen molar-refractivity contribution in [1.82, 2.24) is 9.78 Å². The Bertz CT molecular complexity index is 419. The summed E-state index contributed by atoms with van der Waals surface area (Å²) < 4.78 is 1.95. The maximum absolute atomic E-state index is 9.53. The third kappa shape index (κ3) is 2.06. The fourth-order valence-electron chi connectivity index (χ4n) is 2.61. The third-order valence-corrected chi connectivity index (χ3v) is 3.88. The minimum atomic E-state index is 0.100. The van der Waals surface area contributed by atoms with Crippen LogP contribution in [-0.4, -0.2) is 27.5 Å². The van der Waals surface area contributed by atoms with Crippen LogP contribution >= 0.6 is 0 Å². The standard InChI is InChI=1S/C13H21N3O/c1-9-12(8-17)13(15(2)14-9)16(11-5-6-11)7-10-3-4-10/h10-11,17H,3-8H2,1-2H3. The predicted molar refractivity (Wildman–Crippen MR) is 67.0 cm³/mol. The van der Waals surface area contributed by atoms with Crippen molar-refractivity contribution in [3.8, 4) is 0 Å². The van der Waals surface area contributed by atoms with Gasteiger partial charge in [0.05, 0.1) is 12.3 Å². The molecule has 4 nitrogen and oxygen atoms in total. The molecule has 1 aromatic heterocycles. The van der Waals surface area contributed by atoms with Crippen LogP contribution in [0, 0.1) is 12.8 Å². The second kappa shape index (κ2) is 4.02. The van der Waals surface area contributed by atoms with Crippen LogP contribution < -0.4 is 4.90 Å². The number of hydrogen-bond donors (Lipinski definition) is 1. The van der Waals surface area contributed by atoms with Gasteiger partial charge in [-0.25, -0.2) is 0 Å². The van der Waals surface area contributed by atoms with Gasteiger partial charge in [-0.1, -0.05) is 0 Å². The molecule has 3 rings (SSSR count). The summed E-state index contributed by atoms with van der Waals surface area (Å²) in [6, 6.07) is 0.690. The molecule has 94 valence electrons. The molecule has 0 atom stereocenters. The third-order valence-electron chi connectivity index (χ3n) is 3.88. The van der Waals surface area contributed by atoms with Gasteiger partial charge in [0.25, 0.3) is 0 Å². The fourth-order valence-corrected chi connectivity index (χ4v) is 2.61. The molecule has 1 aromatic rings. The van der Waals surface area contributed by atoms with Crippen LogP contribution in [0.3, 0.4) is 0 Å². The summed E-state index contributed by atoms with van der Waals surface area (Å²) in [6.07, 6.45) is 5.33. The molecule has 0 aliphatic heterocycles. The van der Waals surface area contributed by atoms with E-state index in [0.717, 1.165) is 29.5 Å². The molecule has 2 aliphatic carbocycles. The fraction of sp³-hybridized carbons (Fsp3) is 0.769. The van der Waals surface area contributed by atoms with Gasteiger partial charge in [-0.2, -0.15) is 5.10 Å². The van der Waals surface area contributed by atoms with Gasteiger partial charge < -0.3 is 10.0 Å². The lowest BCUT2D eigenvalue weighted by Gasteiger charge is -2.25. The zero-order valence-corrected chi connectivity index (χ0v) is 10.7. The summed E-state index contributed by atoms with van der Waals surface area (Å²) in [5, 5.41) is 14.0. The van der Waals surface area contributed by atoms with Crippen LogP contribution in [0.25, 0.3) is 0 Å². The second-order valence-electron chi connectivity index (χ2n) is 5.50. The molecule has 0 unspecified atom stereocenters. The van der Waals surface area contributed by atoms with E-state index in [-0.39, 0.29) is 6.61 Å². The minimum Gasteiger partial charge on any atom is -0.391 e. The van der Waals surface area contributed by atoms with E-state index in [1.54, 1.807) is 0 Å². The van der Waals surface area contributed by atoms with E-state index >= 15 is 0 Å². The summed E-state index contributed by atoms with van der Waals surface area (Å²) in [6.45, 7) is 3.23. The highest BCUT2D eigenvalue weighted by Crippen LogP contribution is 2.39. The molecule has 1 heterocycles. The number of aromatic nitrogens is 2. The first kappa shape index (κ1) is 11.1. The summed E-state index contributed by atoms with van der Waals surface area (Å²) >= 11 is 0. The Morgan fingerprint density at radius 2 is 2.06 bits per heavy atom. The van der Waals surface area contributed by atoms with Crippen molar-refractivity contribution in [3.05, 3.63) is 11.3 Å². The van der Waals surface area contributed by atoms with E-state index in [2.05, 4.69) is 10.00 Å². The lowest BCUT2D eigenvalue weighted by molar-refractivity contribution is 0.281. The highest BCUT2D eigenvalue weighted by molar-refractivity contribution is 5.52. The van der Waals surface area contributed by atoms with E-state index in [9.17, 15) is 5.11 Å². The Morgan fingerprint density at radius 1 is 1.35 bits per heavy atom. The molecule has 0 amide bonds. The lowest BCUT2D eigenvalue weighted by Crippen LogP contribution is -2.30. The largest absolute Gasteiger partial charge is 0.391 e. The topological polar surface area (TPSA) is 41.3 Å². The van der Waals surface area contributed by atoms with E-state index in [0.29, 0.717) is 6.04 Å². The molecule has 0 spiro atoms. The smallest absolute Gasteiger partial charge is 0.132 e. The average Bonchev–Trinajstić information content (AvgIpc) is 3.13. The highest BCUT2D eigenvalue weighted by Gasteiger charge is 2.36. The maximum Gasteiger partial charge on any atom is 0.132 e. The van der Waals surface area contributed by atoms with E-state index in [1.165, 1.54) is 25.7 Å². The number of aryl methyl sites for hydroxylation is 2. The number of aliphatic hydroxyl groups excluding tert-OH is 1. The molecule has 1 N–H and O–H groups in total. The highest BCUT2D eigenvalue weighted by atomic mass is 16.3. The van der Waals surface area contributed by atoms with Crippen LogP contribution in [-0.2, 0) is 13.7 Å². The molecule has 0 bridgehead atoms. The van der Waals surface area contributed by atoms with Gasteiger partial charge in [-0.3, -0.25) is 4.68 Å². The monoisotopic (exact) mass is 235 g/mol. The second-order valence-corrected chi connectivity index (χ2v) is 5.50. The Hall–Kier alpha value is -1.03. The van der Waals surface area contributed by atoms with Crippen molar-refractivity contribution in [3.63, 3.8) is 0 Å². The van der Waals surface area contributed by atoms with Crippen molar-refractivity contribution in [1.29, 1.82) is 0 Å². The van der Waals surface area contributed by atoms with Crippen molar-refractivity contribution in [2.75, 3.05) is 11.4 Å². The molecule has 0 aromatic carbocycles. The molecule has 2 aliphatic rings. The molecular formula is C13H21N3O. The Kier molecular flexibility index (Phi) is 2.62. The normalized spacial score (nSPS) is 19.7. The molecule has 17 heavy (non-hydrogen) atoms. The van der Waals surface area contributed by atoms with E-state index in [1.807, 2.05) is 18.7 Å². The van der Waals surface area contributed by atoms with Crippen LogP contribution in [0.5, 0.6) is 0 Å². The number of aliphatic hydroxyl groups is 1. The summed E-state index contributed by atoms with van der Waals surface area (Å²) in [5.74, 6) is 2.02. The molecule has 0 saturated heterocycles. The van der Waals surface area contributed by atoms with Gasteiger partial charge in [0.15, 0.2) is 0 Å². The van der Waals surface area contributed by atoms with Gasteiger partial charge in [0, 0.05) is 25.2 Å². The summed E-state index contributed by atoms with van der Waals surface area (Å²) in [4.78, 5) is 2.49. The van der Waals surface area contributed by atoms with Crippen molar-refractivity contribution in [2.24, 2.45) is 13.0 Å². The SMILES string of the molecule is Cc1nn(C)c(N(CC2CC2)C2CC2)c1CO. The summed E-state index contributed by atoms with van der Waals surface area (Å²) in [5.41, 5.74) is 1.98. The molecular weight excluding hydrogens is 214 g/mol. The van der Waals surface area contributed by atoms with E-state index in [4.69, 9.17) is 0 Å². The predicted octanol–water partition coefficient (Wildman–Crippen LogP) is 1.60. The van der Waals surface area contributed by atoms with Gasteiger partial charge in [-0.15, -0.1) is 0 Å². The van der Waals surface area contributed by atoms with Crippen molar-refractivity contribution in [2.45, 2.75) is 45.3 Å². The Balaban J connectivity index is 1.92. The molecule has 2 fully saturated rings. The van der Waals surface area contributed by atoms with Crippen LogP contribution in [0.4, 0.5) is 5.82 Å². The van der Waals surface area contributed by atoms with E-state index < -0.39 is 0 Å². The lowest BCUT2D eigenvalue weighted by atomic mass is 10.2. The van der Waals surface area contributed by atoms with Crippen LogP contribution in [0.15, 0.2) is 0 Å². The first-order valence-electron chi connectivity index (χ1n) is 6.60. The summed E-state index contributed by atoms with van der Waals surface area (Å²) in [7, 11) is 1.99. The van der Waals surface area contributed by atoms with Crippen LogP contribution in [0.2, 0.25) is 0 Å². The van der Waals surface area contributed by atoms with Gasteiger partial charge in [0.1, 0.15) is 5.82 Å². The zero-order chi connectivity index (χ0) is 12.0. The molecule has 0 radical (unpaired) electrons. The Labute approximate surface area is 102 Å². The average molecular weight is 235 g/mol. The van der Waals surface area contributed by atoms with Crippen molar-refractivity contribution >= 4 is 5.82 Å². The number of rotatable bonds is 5. The first-order valence-corrected chi connectivity index (χ1v) is 6.60. The number of nitrogens with zero attached hydrogens (tertiary/aromatic N) is 3.